The summed E-state index contributed by atoms with van der Waals surface area (Å²) in [5, 5.41) is 9.19. The smallest absolute Gasteiger partial charge is 0.233 e. The minimum Gasteiger partial charge on any atom is -0.342 e. The molecular weight excluding hydrogens is 272 g/mol. The first-order valence-electron chi connectivity index (χ1n) is 7.29. The van der Waals surface area contributed by atoms with Gasteiger partial charge in [0.25, 0.3) is 0 Å². The zero-order valence-corrected chi connectivity index (χ0v) is 13.6. The summed E-state index contributed by atoms with van der Waals surface area (Å²) in [6, 6.07) is 0. The van der Waals surface area contributed by atoms with Crippen molar-refractivity contribution in [1.29, 1.82) is 0 Å². The molecular formula is C14H24N4OS. The van der Waals surface area contributed by atoms with Crippen molar-refractivity contribution in [3.05, 3.63) is 5.82 Å². The van der Waals surface area contributed by atoms with Crippen molar-refractivity contribution in [3.8, 4) is 0 Å². The molecule has 1 saturated heterocycles. The second kappa shape index (κ2) is 6.61. The highest BCUT2D eigenvalue weighted by atomic mass is 32.2. The van der Waals surface area contributed by atoms with E-state index in [0.717, 1.165) is 30.5 Å². The van der Waals surface area contributed by atoms with E-state index in [9.17, 15) is 4.79 Å². The molecule has 0 aromatic carbocycles. The summed E-state index contributed by atoms with van der Waals surface area (Å²) >= 11 is 1.49. The number of rotatable bonds is 4. The number of aromatic nitrogens is 3. The van der Waals surface area contributed by atoms with Crippen LogP contribution < -0.4 is 0 Å². The molecule has 6 heteroatoms. The molecule has 0 bridgehead atoms. The highest BCUT2D eigenvalue weighted by Crippen LogP contribution is 2.21. The van der Waals surface area contributed by atoms with Gasteiger partial charge in [-0.25, -0.2) is 0 Å². The van der Waals surface area contributed by atoms with Crippen LogP contribution in [0.2, 0.25) is 0 Å². The molecule has 1 aromatic rings. The maximum Gasteiger partial charge on any atom is 0.233 e. The maximum atomic E-state index is 12.2. The molecule has 1 fully saturated rings. The van der Waals surface area contributed by atoms with Crippen LogP contribution in [0.15, 0.2) is 5.16 Å². The van der Waals surface area contributed by atoms with Crippen molar-refractivity contribution in [2.45, 2.75) is 44.7 Å². The highest BCUT2D eigenvalue weighted by molar-refractivity contribution is 7.99. The van der Waals surface area contributed by atoms with E-state index in [1.54, 1.807) is 0 Å². The van der Waals surface area contributed by atoms with Crippen LogP contribution in [0.1, 0.15) is 45.4 Å². The lowest BCUT2D eigenvalue weighted by atomic mass is 10.0. The molecule has 2 rings (SSSR count). The molecule has 5 nitrogen and oxygen atoms in total. The van der Waals surface area contributed by atoms with Crippen LogP contribution in [-0.4, -0.2) is 44.4 Å². The molecule has 1 aliphatic heterocycles. The number of nitrogens with zero attached hydrogens (tertiary/aromatic N) is 4. The van der Waals surface area contributed by atoms with Crippen LogP contribution in [0, 0.1) is 5.92 Å². The van der Waals surface area contributed by atoms with Gasteiger partial charge < -0.3 is 9.47 Å². The van der Waals surface area contributed by atoms with E-state index in [4.69, 9.17) is 0 Å². The van der Waals surface area contributed by atoms with E-state index < -0.39 is 0 Å². The van der Waals surface area contributed by atoms with Crippen LogP contribution in [0.4, 0.5) is 0 Å². The molecule has 1 aliphatic rings. The number of carbonyl (C=O) groups is 1. The molecule has 0 radical (unpaired) electrons. The van der Waals surface area contributed by atoms with Gasteiger partial charge in [-0.05, 0) is 18.8 Å². The van der Waals surface area contributed by atoms with Crippen molar-refractivity contribution < 1.29 is 4.79 Å². The van der Waals surface area contributed by atoms with Gasteiger partial charge in [0.1, 0.15) is 5.82 Å². The second-order valence-electron chi connectivity index (χ2n) is 5.93. The summed E-state index contributed by atoms with van der Waals surface area (Å²) in [4.78, 5) is 14.2. The molecule has 2 heterocycles. The van der Waals surface area contributed by atoms with Crippen LogP contribution in [0.25, 0.3) is 0 Å². The summed E-state index contributed by atoms with van der Waals surface area (Å²) < 4.78 is 1.99. The highest BCUT2D eigenvalue weighted by Gasteiger charge is 2.21. The molecule has 1 amide bonds. The Hall–Kier alpha value is -1.04. The molecule has 20 heavy (non-hydrogen) atoms. The molecule has 112 valence electrons. The Balaban J connectivity index is 1.90. The zero-order chi connectivity index (χ0) is 14.7. The van der Waals surface area contributed by atoms with E-state index in [0.29, 0.717) is 17.6 Å². The van der Waals surface area contributed by atoms with Gasteiger partial charge in [-0.2, -0.15) is 0 Å². The quantitative estimate of drug-likeness (QED) is 0.800. The third-order valence-electron chi connectivity index (χ3n) is 3.72. The number of likely N-dealkylation sites (tertiary alicyclic amines) is 1. The lowest BCUT2D eigenvalue weighted by Crippen LogP contribution is -2.40. The average molecular weight is 296 g/mol. The molecule has 0 N–H and O–H groups in total. The summed E-state index contributed by atoms with van der Waals surface area (Å²) in [5.41, 5.74) is 0. The fourth-order valence-corrected chi connectivity index (χ4v) is 3.41. The largest absolute Gasteiger partial charge is 0.342 e. The number of amides is 1. The summed E-state index contributed by atoms with van der Waals surface area (Å²) in [7, 11) is 1.96. The Morgan fingerprint density at radius 1 is 1.45 bits per heavy atom. The maximum absolute atomic E-state index is 12.2. The number of carbonyl (C=O) groups excluding carboxylic acids is 1. The normalized spacial score (nSPS) is 19.6. The molecule has 1 atom stereocenters. The van der Waals surface area contributed by atoms with Crippen LogP contribution in [0.5, 0.6) is 0 Å². The van der Waals surface area contributed by atoms with Gasteiger partial charge in [-0.3, -0.25) is 4.79 Å². The van der Waals surface area contributed by atoms with Crippen molar-refractivity contribution in [3.63, 3.8) is 0 Å². The van der Waals surface area contributed by atoms with E-state index in [1.165, 1.54) is 18.2 Å². The fraction of sp³-hybridized carbons (Fsp3) is 0.786. The van der Waals surface area contributed by atoms with Crippen molar-refractivity contribution in [2.24, 2.45) is 13.0 Å². The Labute approximate surface area is 125 Å². The lowest BCUT2D eigenvalue weighted by Gasteiger charge is -2.30. The lowest BCUT2D eigenvalue weighted by molar-refractivity contribution is -0.130. The Kier molecular flexibility index (Phi) is 5.07. The number of hydrogen-bond donors (Lipinski definition) is 0. The van der Waals surface area contributed by atoms with Gasteiger partial charge in [0, 0.05) is 26.1 Å². The summed E-state index contributed by atoms with van der Waals surface area (Å²) in [5.74, 6) is 2.61. The summed E-state index contributed by atoms with van der Waals surface area (Å²) in [6.45, 7) is 8.21. The standard InChI is InChI=1S/C14H24N4OS/c1-10(2)13-15-16-14(17(13)4)20-9-12(19)18-7-5-6-11(3)8-18/h10-11H,5-9H2,1-4H3. The van der Waals surface area contributed by atoms with E-state index in [2.05, 4.69) is 31.0 Å². The minimum atomic E-state index is 0.218. The molecule has 0 aliphatic carbocycles. The second-order valence-corrected chi connectivity index (χ2v) is 6.87. The molecule has 1 aromatic heterocycles. The molecule has 0 spiro atoms. The van der Waals surface area contributed by atoms with Gasteiger partial charge in [0.15, 0.2) is 5.16 Å². The minimum absolute atomic E-state index is 0.218. The van der Waals surface area contributed by atoms with E-state index >= 15 is 0 Å². The average Bonchev–Trinajstić information content (AvgIpc) is 2.77. The Morgan fingerprint density at radius 2 is 2.20 bits per heavy atom. The third-order valence-corrected chi connectivity index (χ3v) is 4.72. The van der Waals surface area contributed by atoms with Gasteiger partial charge in [-0.15, -0.1) is 10.2 Å². The first kappa shape index (κ1) is 15.4. The van der Waals surface area contributed by atoms with E-state index in [1.807, 2.05) is 16.5 Å². The van der Waals surface area contributed by atoms with Gasteiger partial charge in [-0.1, -0.05) is 32.5 Å². The third kappa shape index (κ3) is 3.53. The topological polar surface area (TPSA) is 51.0 Å². The van der Waals surface area contributed by atoms with E-state index in [-0.39, 0.29) is 5.91 Å². The predicted molar refractivity (Wildman–Crippen MR) is 80.8 cm³/mol. The predicted octanol–water partition coefficient (Wildman–Crippen LogP) is 2.29. The first-order chi connectivity index (χ1) is 9.49. The van der Waals surface area contributed by atoms with Gasteiger partial charge in [0.2, 0.25) is 5.91 Å². The first-order valence-corrected chi connectivity index (χ1v) is 8.27. The monoisotopic (exact) mass is 296 g/mol. The fourth-order valence-electron chi connectivity index (χ4n) is 2.59. The number of thioether (sulfide) groups is 1. The van der Waals surface area contributed by atoms with Crippen molar-refractivity contribution in [2.75, 3.05) is 18.8 Å². The van der Waals surface area contributed by atoms with Crippen LogP contribution >= 0.6 is 11.8 Å². The van der Waals surface area contributed by atoms with Crippen molar-refractivity contribution in [1.82, 2.24) is 19.7 Å². The Morgan fingerprint density at radius 3 is 2.80 bits per heavy atom. The summed E-state index contributed by atoms with van der Waals surface area (Å²) in [6.07, 6.45) is 2.36. The Bertz CT molecular complexity index is 472. The number of hydrogen-bond acceptors (Lipinski definition) is 4. The van der Waals surface area contributed by atoms with Crippen molar-refractivity contribution >= 4 is 17.7 Å². The number of piperidine rings is 1. The molecule has 0 saturated carbocycles. The van der Waals surface area contributed by atoms with Gasteiger partial charge >= 0.3 is 0 Å². The van der Waals surface area contributed by atoms with Gasteiger partial charge in [0.05, 0.1) is 5.75 Å². The zero-order valence-electron chi connectivity index (χ0n) is 12.8. The van der Waals surface area contributed by atoms with Crippen LogP contribution in [0.3, 0.4) is 0 Å². The SMILES string of the molecule is CC1CCCN(C(=O)CSc2nnc(C(C)C)n2C)C1. The van der Waals surface area contributed by atoms with Crippen LogP contribution in [-0.2, 0) is 11.8 Å². The molecule has 1 unspecified atom stereocenters.